The molecule has 0 unspecified atom stereocenters. The van der Waals surface area contributed by atoms with E-state index in [-0.39, 0.29) is 13.4 Å². The van der Waals surface area contributed by atoms with Gasteiger partial charge in [0.25, 0.3) is 0 Å². The maximum Gasteiger partial charge on any atom is 0.231 e. The molecule has 98 valence electrons. The summed E-state index contributed by atoms with van der Waals surface area (Å²) in [4.78, 5) is 0. The largest absolute Gasteiger partial charge is 0.488 e. The lowest BCUT2D eigenvalue weighted by Crippen LogP contribution is -2.06. The van der Waals surface area contributed by atoms with Crippen LogP contribution in [0.5, 0.6) is 17.2 Å². The maximum atomic E-state index is 5.79. The number of rotatable bonds is 5. The van der Waals surface area contributed by atoms with E-state index in [0.717, 1.165) is 5.56 Å². The molecule has 6 heteroatoms. The second kappa shape index (κ2) is 6.18. The third kappa shape index (κ3) is 3.02. The standard InChI is InChI=1S/C12H13Cl2NO3/c13-5-9(14)6-16-10-4-12-11(17-7-18-12)3-8(10)1-2-15/h3-5H,1-2,6-7,15H2. The zero-order chi connectivity index (χ0) is 13.0. The molecule has 0 atom stereocenters. The Bertz CT molecular complexity index is 463. The summed E-state index contributed by atoms with van der Waals surface area (Å²) >= 11 is 11.3. The lowest BCUT2D eigenvalue weighted by molar-refractivity contribution is 0.174. The molecular formula is C12H13Cl2NO3. The Morgan fingerprint density at radius 1 is 1.39 bits per heavy atom. The van der Waals surface area contributed by atoms with Crippen LogP contribution in [0, 0.1) is 0 Å². The zero-order valence-electron chi connectivity index (χ0n) is 9.62. The molecule has 1 aromatic carbocycles. The molecule has 1 aliphatic rings. The molecule has 0 saturated carbocycles. The molecule has 0 spiro atoms. The van der Waals surface area contributed by atoms with Gasteiger partial charge in [-0.05, 0) is 24.6 Å². The van der Waals surface area contributed by atoms with Gasteiger partial charge in [-0.15, -0.1) is 0 Å². The van der Waals surface area contributed by atoms with Crippen molar-refractivity contribution in [1.29, 1.82) is 0 Å². The smallest absolute Gasteiger partial charge is 0.231 e. The second-order valence-electron chi connectivity index (χ2n) is 3.70. The van der Waals surface area contributed by atoms with Crippen molar-refractivity contribution in [3.8, 4) is 17.2 Å². The van der Waals surface area contributed by atoms with Gasteiger partial charge in [-0.25, -0.2) is 0 Å². The van der Waals surface area contributed by atoms with Crippen LogP contribution in [0.15, 0.2) is 22.7 Å². The molecular weight excluding hydrogens is 277 g/mol. The van der Waals surface area contributed by atoms with E-state index in [0.29, 0.717) is 35.2 Å². The van der Waals surface area contributed by atoms with Crippen molar-refractivity contribution in [2.45, 2.75) is 6.42 Å². The average molecular weight is 290 g/mol. The number of benzene rings is 1. The summed E-state index contributed by atoms with van der Waals surface area (Å²) in [5.41, 5.74) is 7.80. The van der Waals surface area contributed by atoms with Gasteiger partial charge in [0.05, 0.1) is 5.03 Å². The lowest BCUT2D eigenvalue weighted by Gasteiger charge is -2.11. The van der Waals surface area contributed by atoms with Crippen LogP contribution in [0.2, 0.25) is 0 Å². The van der Waals surface area contributed by atoms with Gasteiger partial charge in [0.2, 0.25) is 6.79 Å². The molecule has 4 nitrogen and oxygen atoms in total. The SMILES string of the molecule is NCCc1cc2c(cc1OCC(Cl)=CCl)OCO2. The minimum atomic E-state index is 0.211. The van der Waals surface area contributed by atoms with Crippen molar-refractivity contribution < 1.29 is 14.2 Å². The number of halogens is 2. The number of ether oxygens (including phenoxy) is 3. The highest BCUT2D eigenvalue weighted by atomic mass is 35.5. The fourth-order valence-electron chi connectivity index (χ4n) is 1.63. The number of fused-ring (bicyclic) bond motifs is 1. The van der Waals surface area contributed by atoms with Gasteiger partial charge in [-0.2, -0.15) is 0 Å². The van der Waals surface area contributed by atoms with E-state index in [2.05, 4.69) is 0 Å². The Morgan fingerprint density at radius 2 is 2.11 bits per heavy atom. The quantitative estimate of drug-likeness (QED) is 0.905. The van der Waals surface area contributed by atoms with E-state index < -0.39 is 0 Å². The second-order valence-corrected chi connectivity index (χ2v) is 4.40. The number of nitrogens with two attached hydrogens (primary N) is 1. The maximum absolute atomic E-state index is 5.79. The first-order valence-corrected chi connectivity index (χ1v) is 6.26. The first-order chi connectivity index (χ1) is 8.74. The third-order valence-corrected chi connectivity index (χ3v) is 3.05. The molecule has 2 N–H and O–H groups in total. The minimum Gasteiger partial charge on any atom is -0.488 e. The molecule has 2 rings (SSSR count). The fourth-order valence-corrected chi connectivity index (χ4v) is 1.75. The summed E-state index contributed by atoms with van der Waals surface area (Å²) in [6.07, 6.45) is 0.689. The van der Waals surface area contributed by atoms with Gasteiger partial charge in [0, 0.05) is 11.6 Å². The molecule has 0 bridgehead atoms. The van der Waals surface area contributed by atoms with E-state index in [9.17, 15) is 0 Å². The summed E-state index contributed by atoms with van der Waals surface area (Å²) in [6, 6.07) is 3.66. The topological polar surface area (TPSA) is 53.7 Å². The normalized spacial score (nSPS) is 13.8. The predicted molar refractivity (Wildman–Crippen MR) is 70.6 cm³/mol. The van der Waals surface area contributed by atoms with Crippen molar-refractivity contribution in [2.75, 3.05) is 19.9 Å². The van der Waals surface area contributed by atoms with Crippen LogP contribution in [0.25, 0.3) is 0 Å². The summed E-state index contributed by atoms with van der Waals surface area (Å²) in [5, 5.41) is 0.424. The van der Waals surface area contributed by atoms with E-state index in [4.69, 9.17) is 43.1 Å². The monoisotopic (exact) mass is 289 g/mol. The molecule has 18 heavy (non-hydrogen) atoms. The van der Waals surface area contributed by atoms with Gasteiger partial charge in [0.1, 0.15) is 12.4 Å². The van der Waals surface area contributed by atoms with Crippen molar-refractivity contribution in [1.82, 2.24) is 0 Å². The highest BCUT2D eigenvalue weighted by molar-refractivity contribution is 6.36. The van der Waals surface area contributed by atoms with Crippen molar-refractivity contribution >= 4 is 23.2 Å². The van der Waals surface area contributed by atoms with E-state index >= 15 is 0 Å². The Hall–Kier alpha value is -1.10. The van der Waals surface area contributed by atoms with Gasteiger partial charge in [-0.1, -0.05) is 23.2 Å². The summed E-state index contributed by atoms with van der Waals surface area (Å²) in [7, 11) is 0. The van der Waals surface area contributed by atoms with Gasteiger partial charge < -0.3 is 19.9 Å². The van der Waals surface area contributed by atoms with E-state index in [1.807, 2.05) is 6.07 Å². The van der Waals surface area contributed by atoms with E-state index in [1.165, 1.54) is 5.54 Å². The highest BCUT2D eigenvalue weighted by Gasteiger charge is 2.17. The Labute approximate surface area is 115 Å². The molecule has 0 aliphatic carbocycles. The lowest BCUT2D eigenvalue weighted by atomic mass is 10.1. The van der Waals surface area contributed by atoms with Crippen molar-refractivity contribution in [3.05, 3.63) is 28.3 Å². The molecule has 1 aliphatic heterocycles. The first-order valence-electron chi connectivity index (χ1n) is 5.44. The Kier molecular flexibility index (Phi) is 4.58. The fraction of sp³-hybridized carbons (Fsp3) is 0.333. The molecule has 0 saturated heterocycles. The van der Waals surface area contributed by atoms with Crippen LogP contribution in [-0.4, -0.2) is 19.9 Å². The molecule has 0 radical (unpaired) electrons. The van der Waals surface area contributed by atoms with Crippen LogP contribution < -0.4 is 19.9 Å². The Morgan fingerprint density at radius 3 is 2.78 bits per heavy atom. The third-order valence-electron chi connectivity index (χ3n) is 2.45. The van der Waals surface area contributed by atoms with Crippen LogP contribution in [0.4, 0.5) is 0 Å². The average Bonchev–Trinajstić information content (AvgIpc) is 2.83. The molecule has 0 fully saturated rings. The Balaban J connectivity index is 2.21. The minimum absolute atomic E-state index is 0.211. The number of hydrogen-bond acceptors (Lipinski definition) is 4. The zero-order valence-corrected chi connectivity index (χ0v) is 11.1. The summed E-state index contributed by atoms with van der Waals surface area (Å²) in [5.74, 6) is 2.06. The van der Waals surface area contributed by atoms with Crippen molar-refractivity contribution in [3.63, 3.8) is 0 Å². The molecule has 0 aromatic heterocycles. The van der Waals surface area contributed by atoms with Crippen LogP contribution in [0.1, 0.15) is 5.56 Å². The van der Waals surface area contributed by atoms with Crippen molar-refractivity contribution in [2.24, 2.45) is 5.73 Å². The summed E-state index contributed by atoms with van der Waals surface area (Å²) < 4.78 is 16.2. The van der Waals surface area contributed by atoms with Crippen LogP contribution in [0.3, 0.4) is 0 Å². The van der Waals surface area contributed by atoms with Crippen LogP contribution in [-0.2, 0) is 6.42 Å². The molecule has 0 amide bonds. The number of hydrogen-bond donors (Lipinski definition) is 1. The molecule has 1 heterocycles. The highest BCUT2D eigenvalue weighted by Crippen LogP contribution is 2.38. The van der Waals surface area contributed by atoms with E-state index in [1.54, 1.807) is 6.07 Å². The summed E-state index contributed by atoms with van der Waals surface area (Å²) in [6.45, 7) is 0.959. The first kappa shape index (κ1) is 13.3. The van der Waals surface area contributed by atoms with Crippen LogP contribution >= 0.6 is 23.2 Å². The van der Waals surface area contributed by atoms with Gasteiger partial charge in [-0.3, -0.25) is 0 Å². The van der Waals surface area contributed by atoms with Gasteiger partial charge in [0.15, 0.2) is 11.5 Å². The molecule has 1 aromatic rings. The predicted octanol–water partition coefficient (Wildman–Crippen LogP) is 2.61. The van der Waals surface area contributed by atoms with Gasteiger partial charge >= 0.3 is 0 Å².